The van der Waals surface area contributed by atoms with Crippen LogP contribution in [0.3, 0.4) is 0 Å². The smallest absolute Gasteiger partial charge is 0.240 e. The number of aliphatic imine (C=N–C) groups is 1. The van der Waals surface area contributed by atoms with Crippen LogP contribution < -0.4 is 11.2 Å². The summed E-state index contributed by atoms with van der Waals surface area (Å²) in [5, 5.41) is 10.3. The largest absolute Gasteiger partial charge is 0.391 e. The van der Waals surface area contributed by atoms with Crippen molar-refractivity contribution < 1.29 is 14.7 Å². The SMILES string of the molecule is Cc1ncsc1-c1ccc(C2(C)N=C([C@@H]3C[C@@H](O)CN3C(=O)C(N)C(C)(C)C)NO2)cc1. The number of benzene rings is 1. The Kier molecular flexibility index (Phi) is 5.87. The van der Waals surface area contributed by atoms with Gasteiger partial charge in [0.25, 0.3) is 0 Å². The Balaban J connectivity index is 1.57. The number of nitrogens with one attached hydrogen (secondary N) is 1. The molecular formula is C23H31N5O3S. The number of carbonyl (C=O) groups is 1. The van der Waals surface area contributed by atoms with Crippen molar-refractivity contribution in [2.75, 3.05) is 6.54 Å². The number of amides is 1. The van der Waals surface area contributed by atoms with E-state index in [-0.39, 0.29) is 17.9 Å². The van der Waals surface area contributed by atoms with Gasteiger partial charge in [-0.25, -0.2) is 20.3 Å². The molecule has 172 valence electrons. The Morgan fingerprint density at radius 2 is 2.06 bits per heavy atom. The number of likely N-dealkylation sites (tertiary alicyclic amines) is 1. The molecule has 0 spiro atoms. The average molecular weight is 458 g/mol. The maximum absolute atomic E-state index is 13.1. The highest BCUT2D eigenvalue weighted by molar-refractivity contribution is 7.13. The third-order valence-electron chi connectivity index (χ3n) is 6.19. The second-order valence-electron chi connectivity index (χ2n) is 9.77. The molecule has 0 saturated carbocycles. The number of hydroxylamine groups is 1. The molecule has 2 aliphatic rings. The van der Waals surface area contributed by atoms with Crippen LogP contribution in [0.1, 0.15) is 45.4 Å². The van der Waals surface area contributed by atoms with E-state index in [1.165, 1.54) is 0 Å². The number of nitrogens with zero attached hydrogens (tertiary/aromatic N) is 3. The van der Waals surface area contributed by atoms with Gasteiger partial charge in [0.15, 0.2) is 0 Å². The number of hydrogen-bond donors (Lipinski definition) is 3. The number of aryl methyl sites for hydroxylation is 1. The summed E-state index contributed by atoms with van der Waals surface area (Å²) in [6.07, 6.45) is -0.244. The number of rotatable bonds is 4. The summed E-state index contributed by atoms with van der Waals surface area (Å²) in [5.74, 6) is 0.335. The van der Waals surface area contributed by atoms with Gasteiger partial charge in [0, 0.05) is 18.5 Å². The fraction of sp³-hybridized carbons (Fsp3) is 0.522. The van der Waals surface area contributed by atoms with Crippen LogP contribution in [0, 0.1) is 12.3 Å². The van der Waals surface area contributed by atoms with E-state index in [1.807, 2.05) is 64.4 Å². The molecule has 1 fully saturated rings. The minimum absolute atomic E-state index is 0.193. The molecule has 8 nitrogen and oxygen atoms in total. The lowest BCUT2D eigenvalue weighted by Gasteiger charge is -2.32. The van der Waals surface area contributed by atoms with Crippen LogP contribution in [-0.2, 0) is 15.4 Å². The van der Waals surface area contributed by atoms with Crippen molar-refractivity contribution in [2.24, 2.45) is 16.1 Å². The van der Waals surface area contributed by atoms with Gasteiger partial charge in [-0.15, -0.1) is 11.3 Å². The fourth-order valence-corrected chi connectivity index (χ4v) is 4.88. The van der Waals surface area contributed by atoms with E-state index in [9.17, 15) is 9.90 Å². The molecule has 2 unspecified atom stereocenters. The maximum Gasteiger partial charge on any atom is 0.240 e. The number of nitrogens with two attached hydrogens (primary N) is 1. The van der Waals surface area contributed by atoms with Crippen molar-refractivity contribution in [1.29, 1.82) is 0 Å². The number of aromatic nitrogens is 1. The van der Waals surface area contributed by atoms with Crippen LogP contribution in [0.15, 0.2) is 34.8 Å². The lowest BCUT2D eigenvalue weighted by Crippen LogP contribution is -2.54. The lowest BCUT2D eigenvalue weighted by molar-refractivity contribution is -0.135. The quantitative estimate of drug-likeness (QED) is 0.650. The molecular weight excluding hydrogens is 426 g/mol. The normalized spacial score (nSPS) is 26.7. The van der Waals surface area contributed by atoms with Crippen molar-refractivity contribution in [1.82, 2.24) is 15.4 Å². The summed E-state index contributed by atoms with van der Waals surface area (Å²) >= 11 is 1.61. The summed E-state index contributed by atoms with van der Waals surface area (Å²) in [6, 6.07) is 6.97. The first-order valence-electron chi connectivity index (χ1n) is 10.8. The number of amidine groups is 1. The van der Waals surface area contributed by atoms with Gasteiger partial charge in [-0.1, -0.05) is 45.0 Å². The third-order valence-corrected chi connectivity index (χ3v) is 7.17. The van der Waals surface area contributed by atoms with Crippen molar-refractivity contribution in [3.63, 3.8) is 0 Å². The van der Waals surface area contributed by atoms with Crippen molar-refractivity contribution in [3.8, 4) is 10.4 Å². The number of carbonyl (C=O) groups excluding carboxylic acids is 1. The molecule has 0 aliphatic carbocycles. The minimum atomic E-state index is -0.939. The van der Waals surface area contributed by atoms with Gasteiger partial charge in [-0.05, 0) is 24.8 Å². The average Bonchev–Trinajstić information content (AvgIpc) is 3.45. The topological polar surface area (TPSA) is 113 Å². The van der Waals surface area contributed by atoms with Gasteiger partial charge >= 0.3 is 0 Å². The zero-order chi connectivity index (χ0) is 23.3. The molecule has 4 atom stereocenters. The Bertz CT molecular complexity index is 1030. The second kappa shape index (κ2) is 8.22. The number of aliphatic hydroxyl groups is 1. The van der Waals surface area contributed by atoms with E-state index in [4.69, 9.17) is 15.6 Å². The van der Waals surface area contributed by atoms with E-state index >= 15 is 0 Å². The summed E-state index contributed by atoms with van der Waals surface area (Å²) in [5.41, 5.74) is 12.6. The Morgan fingerprint density at radius 1 is 1.38 bits per heavy atom. The molecule has 2 aliphatic heterocycles. The van der Waals surface area contributed by atoms with Crippen LogP contribution >= 0.6 is 11.3 Å². The molecule has 2 aromatic rings. The molecule has 1 aromatic carbocycles. The monoisotopic (exact) mass is 457 g/mol. The van der Waals surface area contributed by atoms with Crippen LogP contribution in [0.25, 0.3) is 10.4 Å². The third kappa shape index (κ3) is 4.17. The Morgan fingerprint density at radius 3 is 2.66 bits per heavy atom. The Labute approximate surface area is 192 Å². The van der Waals surface area contributed by atoms with Crippen molar-refractivity contribution >= 4 is 23.1 Å². The number of thiazole rings is 1. The van der Waals surface area contributed by atoms with E-state index in [2.05, 4.69) is 10.5 Å². The van der Waals surface area contributed by atoms with Crippen LogP contribution in [0.5, 0.6) is 0 Å². The van der Waals surface area contributed by atoms with Crippen LogP contribution in [-0.4, -0.2) is 51.5 Å². The first-order chi connectivity index (χ1) is 15.0. The Hall–Kier alpha value is -2.33. The summed E-state index contributed by atoms with van der Waals surface area (Å²) in [7, 11) is 0. The minimum Gasteiger partial charge on any atom is -0.391 e. The molecule has 4 N–H and O–H groups in total. The summed E-state index contributed by atoms with van der Waals surface area (Å²) in [6.45, 7) is 9.89. The standard InChI is InChI=1S/C23H31N5O3S/c1-13-18(32-12-25-13)14-6-8-15(9-7-14)23(5)26-20(27-31-23)17-10-16(29)11-28(17)21(30)19(24)22(2,3)4/h6-9,12,16-17,19,29H,10-11,24H2,1-5H3,(H,26,27)/t16-,17+,19?,23?/m1/s1. The van der Waals surface area contributed by atoms with Gasteiger partial charge in [0.05, 0.1) is 34.3 Å². The predicted molar refractivity (Wildman–Crippen MR) is 125 cm³/mol. The molecule has 1 amide bonds. The molecule has 1 aromatic heterocycles. The van der Waals surface area contributed by atoms with Crippen LogP contribution in [0.4, 0.5) is 0 Å². The zero-order valence-corrected chi connectivity index (χ0v) is 19.9. The zero-order valence-electron chi connectivity index (χ0n) is 19.1. The number of aliphatic hydroxyl groups excluding tert-OH is 1. The first kappa shape index (κ1) is 22.8. The first-order valence-corrected chi connectivity index (χ1v) is 11.7. The molecule has 0 radical (unpaired) electrons. The maximum atomic E-state index is 13.1. The molecule has 32 heavy (non-hydrogen) atoms. The van der Waals surface area contributed by atoms with E-state index < -0.39 is 23.9 Å². The van der Waals surface area contributed by atoms with Gasteiger partial charge in [0.1, 0.15) is 5.84 Å². The second-order valence-corrected chi connectivity index (χ2v) is 10.6. The van der Waals surface area contributed by atoms with Gasteiger partial charge in [-0.2, -0.15) is 0 Å². The summed E-state index contributed by atoms with van der Waals surface area (Å²) < 4.78 is 0. The highest BCUT2D eigenvalue weighted by atomic mass is 32.1. The number of β-amino-alcohol motifs (C(OH)–C–C–N with tert-alkyl or cyclic N) is 1. The number of hydrogen-bond acceptors (Lipinski definition) is 8. The van der Waals surface area contributed by atoms with Gasteiger partial charge < -0.3 is 15.7 Å². The molecule has 1 saturated heterocycles. The van der Waals surface area contributed by atoms with E-state index in [0.29, 0.717) is 12.3 Å². The molecule has 9 heteroatoms. The van der Waals surface area contributed by atoms with Crippen molar-refractivity contribution in [2.45, 2.75) is 65.0 Å². The summed E-state index contributed by atoms with van der Waals surface area (Å²) in [4.78, 5) is 30.8. The molecule has 0 bridgehead atoms. The fourth-order valence-electron chi connectivity index (χ4n) is 4.07. The molecule has 4 rings (SSSR count). The van der Waals surface area contributed by atoms with Gasteiger partial charge in [-0.3, -0.25) is 4.79 Å². The highest BCUT2D eigenvalue weighted by Gasteiger charge is 2.45. The van der Waals surface area contributed by atoms with Crippen LogP contribution in [0.2, 0.25) is 0 Å². The molecule has 3 heterocycles. The van der Waals surface area contributed by atoms with Gasteiger partial charge in [0.2, 0.25) is 11.6 Å². The van der Waals surface area contributed by atoms with E-state index in [1.54, 1.807) is 16.2 Å². The highest BCUT2D eigenvalue weighted by Crippen LogP contribution is 2.35. The van der Waals surface area contributed by atoms with E-state index in [0.717, 1.165) is 21.7 Å². The lowest BCUT2D eigenvalue weighted by atomic mass is 9.86. The van der Waals surface area contributed by atoms with Crippen molar-refractivity contribution in [3.05, 3.63) is 41.0 Å². The predicted octanol–water partition coefficient (Wildman–Crippen LogP) is 2.56.